The van der Waals surface area contributed by atoms with Gasteiger partial charge in [0.25, 0.3) is 5.91 Å². The first kappa shape index (κ1) is 18.9. The Hall–Kier alpha value is -2.87. The number of nitrogens with one attached hydrogen (secondary N) is 1. The molecule has 0 fully saturated rings. The lowest BCUT2D eigenvalue weighted by atomic mass is 10.2. The summed E-state index contributed by atoms with van der Waals surface area (Å²) >= 11 is 0. The first-order chi connectivity index (χ1) is 13.0. The van der Waals surface area contributed by atoms with Crippen LogP contribution in [0.2, 0.25) is 0 Å². The normalized spacial score (nSPS) is 14.7. The third-order valence-corrected chi connectivity index (χ3v) is 4.85. The van der Waals surface area contributed by atoms with E-state index in [1.54, 1.807) is 36.4 Å². The van der Waals surface area contributed by atoms with Gasteiger partial charge in [-0.05, 0) is 31.2 Å². The molecule has 0 unspecified atom stereocenters. The first-order valence-corrected chi connectivity index (χ1v) is 9.85. The summed E-state index contributed by atoms with van der Waals surface area (Å²) in [6.45, 7) is 2.39. The Morgan fingerprint density at radius 2 is 1.81 bits per heavy atom. The molecule has 0 aliphatic carbocycles. The number of hydrogen-bond donors (Lipinski definition) is 1. The molecule has 1 aliphatic heterocycles. The minimum Gasteiger partial charge on any atom is -0.486 e. The van der Waals surface area contributed by atoms with Crippen LogP contribution in [0.1, 0.15) is 17.3 Å². The molecule has 27 heavy (non-hydrogen) atoms. The molecule has 3 rings (SSSR count). The molecule has 1 aliphatic rings. The third-order valence-electron chi connectivity index (χ3n) is 3.88. The second-order valence-electron chi connectivity index (χ2n) is 5.85. The van der Waals surface area contributed by atoms with Crippen LogP contribution in [0.5, 0.6) is 11.5 Å². The summed E-state index contributed by atoms with van der Waals surface area (Å²) < 4.78 is 27.9. The number of carbonyl (C=O) groups is 2. The van der Waals surface area contributed by atoms with Crippen molar-refractivity contribution in [2.24, 2.45) is 0 Å². The van der Waals surface area contributed by atoms with E-state index in [0.29, 0.717) is 35.3 Å². The lowest BCUT2D eigenvalue weighted by Gasteiger charge is -2.19. The molecule has 0 bridgehead atoms. The van der Waals surface area contributed by atoms with Gasteiger partial charge in [-0.1, -0.05) is 12.1 Å². The number of amides is 1. The van der Waals surface area contributed by atoms with Crippen molar-refractivity contribution in [3.63, 3.8) is 0 Å². The molecule has 0 saturated carbocycles. The van der Waals surface area contributed by atoms with Crippen molar-refractivity contribution in [1.29, 1.82) is 0 Å². The van der Waals surface area contributed by atoms with E-state index in [-0.39, 0.29) is 5.56 Å². The summed E-state index contributed by atoms with van der Waals surface area (Å²) in [5, 5.41) is 2.67. The standard InChI is InChI=1S/C19H19NO6S/c1-12(26-19(22)14-5-3-4-6-17(14)27(2)23)18(21)20-13-7-8-15-16(11-13)25-10-9-24-15/h3-8,11-12H,9-10H2,1-2H3,(H,20,21)/t12-,27-/m1/s1. The van der Waals surface area contributed by atoms with Crippen molar-refractivity contribution in [2.75, 3.05) is 24.8 Å². The Balaban J connectivity index is 1.66. The predicted molar refractivity (Wildman–Crippen MR) is 99.7 cm³/mol. The number of carbonyl (C=O) groups excluding carboxylic acids is 2. The van der Waals surface area contributed by atoms with Crippen LogP contribution < -0.4 is 14.8 Å². The van der Waals surface area contributed by atoms with Gasteiger partial charge in [0.1, 0.15) is 13.2 Å². The SMILES string of the molecule is C[C@@H](OC(=O)c1ccccc1[S@@](C)=O)C(=O)Nc1ccc2c(c1)OCCO2. The highest BCUT2D eigenvalue weighted by molar-refractivity contribution is 7.84. The van der Waals surface area contributed by atoms with Crippen molar-refractivity contribution in [3.05, 3.63) is 48.0 Å². The highest BCUT2D eigenvalue weighted by atomic mass is 32.2. The lowest BCUT2D eigenvalue weighted by Crippen LogP contribution is -2.30. The summed E-state index contributed by atoms with van der Waals surface area (Å²) in [6.07, 6.45) is 0.438. The van der Waals surface area contributed by atoms with Crippen LogP contribution in [-0.2, 0) is 20.3 Å². The lowest BCUT2D eigenvalue weighted by molar-refractivity contribution is -0.123. The van der Waals surface area contributed by atoms with Gasteiger partial charge in [0.05, 0.1) is 21.3 Å². The molecule has 1 heterocycles. The van der Waals surface area contributed by atoms with Gasteiger partial charge in [0.15, 0.2) is 17.6 Å². The predicted octanol–water partition coefficient (Wildman–Crippen LogP) is 2.38. The molecule has 1 amide bonds. The molecule has 2 aromatic rings. The fourth-order valence-electron chi connectivity index (χ4n) is 2.53. The molecule has 0 aromatic heterocycles. The van der Waals surface area contributed by atoms with Crippen molar-refractivity contribution < 1.29 is 28.0 Å². The summed E-state index contributed by atoms with van der Waals surface area (Å²) in [5.41, 5.74) is 0.680. The van der Waals surface area contributed by atoms with Crippen molar-refractivity contribution >= 4 is 28.4 Å². The van der Waals surface area contributed by atoms with E-state index < -0.39 is 28.8 Å². The summed E-state index contributed by atoms with van der Waals surface area (Å²) in [7, 11) is -1.35. The van der Waals surface area contributed by atoms with E-state index in [9.17, 15) is 13.8 Å². The largest absolute Gasteiger partial charge is 0.486 e. The number of ether oxygens (including phenoxy) is 3. The van der Waals surface area contributed by atoms with Gasteiger partial charge in [-0.3, -0.25) is 9.00 Å². The Morgan fingerprint density at radius 3 is 2.56 bits per heavy atom. The van der Waals surface area contributed by atoms with Crippen LogP contribution >= 0.6 is 0 Å². The van der Waals surface area contributed by atoms with Crippen molar-refractivity contribution in [3.8, 4) is 11.5 Å². The Labute approximate surface area is 159 Å². The maximum atomic E-state index is 12.4. The minimum absolute atomic E-state index is 0.178. The summed E-state index contributed by atoms with van der Waals surface area (Å²) in [4.78, 5) is 25.1. The number of rotatable bonds is 5. The second-order valence-corrected chi connectivity index (χ2v) is 7.19. The molecule has 0 radical (unpaired) electrons. The summed E-state index contributed by atoms with van der Waals surface area (Å²) in [5.74, 6) is -0.0355. The summed E-state index contributed by atoms with van der Waals surface area (Å²) in [6, 6.07) is 11.5. The Morgan fingerprint density at radius 1 is 1.11 bits per heavy atom. The average Bonchev–Trinajstić information content (AvgIpc) is 2.67. The zero-order chi connectivity index (χ0) is 19.4. The van der Waals surface area contributed by atoms with Gasteiger partial charge >= 0.3 is 5.97 Å². The smallest absolute Gasteiger partial charge is 0.340 e. The van der Waals surface area contributed by atoms with E-state index in [0.717, 1.165) is 0 Å². The van der Waals surface area contributed by atoms with E-state index in [1.807, 2.05) is 0 Å². The number of anilines is 1. The van der Waals surface area contributed by atoms with Gasteiger partial charge in [0.2, 0.25) is 0 Å². The molecule has 7 nitrogen and oxygen atoms in total. The molecule has 8 heteroatoms. The minimum atomic E-state index is -1.35. The molecule has 0 saturated heterocycles. The van der Waals surface area contributed by atoms with Gasteiger partial charge < -0.3 is 19.5 Å². The van der Waals surface area contributed by atoms with Crippen LogP contribution in [0.25, 0.3) is 0 Å². The highest BCUT2D eigenvalue weighted by Crippen LogP contribution is 2.32. The third kappa shape index (κ3) is 4.46. The van der Waals surface area contributed by atoms with Gasteiger partial charge in [-0.2, -0.15) is 0 Å². The van der Waals surface area contributed by atoms with Crippen LogP contribution in [0.4, 0.5) is 5.69 Å². The monoisotopic (exact) mass is 389 g/mol. The zero-order valence-electron chi connectivity index (χ0n) is 14.9. The molecule has 0 spiro atoms. The fourth-order valence-corrected chi connectivity index (χ4v) is 3.26. The quantitative estimate of drug-likeness (QED) is 0.790. The second kappa shape index (κ2) is 8.22. The van der Waals surface area contributed by atoms with Gasteiger partial charge in [-0.25, -0.2) is 4.79 Å². The molecular weight excluding hydrogens is 370 g/mol. The highest BCUT2D eigenvalue weighted by Gasteiger charge is 2.22. The molecule has 2 atom stereocenters. The first-order valence-electron chi connectivity index (χ1n) is 8.29. The number of benzene rings is 2. The average molecular weight is 389 g/mol. The molecule has 2 aromatic carbocycles. The number of esters is 1. The van der Waals surface area contributed by atoms with Crippen LogP contribution in [-0.4, -0.2) is 41.7 Å². The van der Waals surface area contributed by atoms with Crippen LogP contribution in [0.3, 0.4) is 0 Å². The topological polar surface area (TPSA) is 90.9 Å². The fraction of sp³-hybridized carbons (Fsp3) is 0.263. The van der Waals surface area contributed by atoms with Crippen LogP contribution in [0, 0.1) is 0 Å². The number of fused-ring (bicyclic) bond motifs is 1. The molecule has 1 N–H and O–H groups in total. The molecular formula is C19H19NO6S. The zero-order valence-corrected chi connectivity index (χ0v) is 15.7. The van der Waals surface area contributed by atoms with E-state index >= 15 is 0 Å². The van der Waals surface area contributed by atoms with Crippen molar-refractivity contribution in [2.45, 2.75) is 17.9 Å². The molecule has 142 valence electrons. The maximum Gasteiger partial charge on any atom is 0.340 e. The number of hydrogen-bond acceptors (Lipinski definition) is 6. The maximum absolute atomic E-state index is 12.4. The van der Waals surface area contributed by atoms with E-state index in [4.69, 9.17) is 14.2 Å². The van der Waals surface area contributed by atoms with E-state index in [1.165, 1.54) is 19.2 Å². The van der Waals surface area contributed by atoms with Crippen LogP contribution in [0.15, 0.2) is 47.4 Å². The van der Waals surface area contributed by atoms with Crippen molar-refractivity contribution in [1.82, 2.24) is 0 Å². The Bertz CT molecular complexity index is 898. The van der Waals surface area contributed by atoms with E-state index in [2.05, 4.69) is 5.32 Å². The van der Waals surface area contributed by atoms with Gasteiger partial charge in [0, 0.05) is 18.0 Å². The Kier molecular flexibility index (Phi) is 5.75. The van der Waals surface area contributed by atoms with Gasteiger partial charge in [-0.15, -0.1) is 0 Å².